The van der Waals surface area contributed by atoms with E-state index in [0.717, 1.165) is 31.9 Å². The van der Waals surface area contributed by atoms with E-state index in [4.69, 9.17) is 28.8 Å². The number of nitrogens with zero attached hydrogens (tertiary/aromatic N) is 6. The van der Waals surface area contributed by atoms with Gasteiger partial charge in [-0.15, -0.1) is 13.2 Å². The molecular formula is C49H47F5N8O8S. The lowest BCUT2D eigenvalue weighted by Crippen LogP contribution is -2.48. The second kappa shape index (κ2) is 21.6. The Balaban J connectivity index is 0.000000191. The molecule has 71 heavy (non-hydrogen) atoms. The topological polar surface area (TPSA) is 193 Å². The lowest BCUT2D eigenvalue weighted by atomic mass is 10.2. The number of nitrogens with one attached hydrogen (secondary N) is 1. The predicted molar refractivity (Wildman–Crippen MR) is 255 cm³/mol. The van der Waals surface area contributed by atoms with E-state index in [0.29, 0.717) is 56.7 Å². The van der Waals surface area contributed by atoms with Gasteiger partial charge in [-0.25, -0.2) is 15.0 Å². The van der Waals surface area contributed by atoms with Gasteiger partial charge >= 0.3 is 12.5 Å². The maximum absolute atomic E-state index is 13.5. The average molecular weight is 1000 g/mol. The zero-order valence-corrected chi connectivity index (χ0v) is 39.3. The molecule has 5 heterocycles. The monoisotopic (exact) mass is 1000 g/mol. The fourth-order valence-corrected chi connectivity index (χ4v) is 8.62. The molecule has 2 aliphatic rings. The van der Waals surface area contributed by atoms with Crippen molar-refractivity contribution in [2.45, 2.75) is 44.7 Å². The summed E-state index contributed by atoms with van der Waals surface area (Å²) in [5.74, 6) is -1.32. The van der Waals surface area contributed by atoms with Crippen molar-refractivity contribution in [3.63, 3.8) is 0 Å². The minimum atomic E-state index is -4.88. The number of alkyl halides is 5. The summed E-state index contributed by atoms with van der Waals surface area (Å²) in [7, 11) is 0. The maximum atomic E-state index is 13.5. The van der Waals surface area contributed by atoms with Crippen LogP contribution in [0.2, 0.25) is 0 Å². The van der Waals surface area contributed by atoms with E-state index in [1.165, 1.54) is 42.1 Å². The number of morpholine rings is 2. The number of pyridine rings is 1. The molecule has 7 aromatic rings. The molecule has 9 rings (SSSR count). The summed E-state index contributed by atoms with van der Waals surface area (Å²) in [6.45, 7) is 11.1. The van der Waals surface area contributed by atoms with E-state index < -0.39 is 30.0 Å². The van der Waals surface area contributed by atoms with Crippen LogP contribution in [0, 0.1) is 0 Å². The Kier molecular flexibility index (Phi) is 15.3. The number of rotatable bonds is 12. The van der Waals surface area contributed by atoms with Crippen molar-refractivity contribution in [1.82, 2.24) is 24.8 Å². The largest absolute Gasteiger partial charge is 0.573 e. The summed E-state index contributed by atoms with van der Waals surface area (Å²) >= 11 is 1.29. The van der Waals surface area contributed by atoms with Crippen LogP contribution in [0.3, 0.4) is 0 Å². The summed E-state index contributed by atoms with van der Waals surface area (Å²) in [5.41, 5.74) is 8.50. The van der Waals surface area contributed by atoms with E-state index in [1.807, 2.05) is 26.0 Å². The number of anilines is 1. The van der Waals surface area contributed by atoms with Gasteiger partial charge in [0.05, 0.1) is 59.2 Å². The summed E-state index contributed by atoms with van der Waals surface area (Å²) in [5, 5.41) is 2.88. The SMILES string of the molecule is CC(F)(F)Oc1ccccc1-c1nc2cccc(C(=O)N=C(N)SC(C)(C)N3CCOCC3)c2o1.O=C(Nc1cccc(CN2CCOCC2)n1)c1cccc2nc(-c3ccccc3OC(F)(F)F)oc12. The minimum Gasteiger partial charge on any atom is -0.435 e. The van der Waals surface area contributed by atoms with Crippen molar-refractivity contribution < 1.29 is 59.3 Å². The van der Waals surface area contributed by atoms with Gasteiger partial charge in [-0.2, -0.15) is 13.8 Å². The number of para-hydroxylation sites is 4. The highest BCUT2D eigenvalue weighted by atomic mass is 32.2. The number of oxazole rings is 2. The molecule has 2 amide bonds. The molecule has 2 saturated heterocycles. The second-order valence-electron chi connectivity index (χ2n) is 16.6. The molecule has 0 bridgehead atoms. The number of aromatic nitrogens is 3. The van der Waals surface area contributed by atoms with Crippen molar-refractivity contribution in [2.75, 3.05) is 57.9 Å². The number of carbonyl (C=O) groups excluding carboxylic acids is 2. The number of thioether (sulfide) groups is 1. The number of amidine groups is 1. The van der Waals surface area contributed by atoms with Gasteiger partial charge in [0, 0.05) is 39.6 Å². The summed E-state index contributed by atoms with van der Waals surface area (Å²) in [4.78, 5) is 47.4. The van der Waals surface area contributed by atoms with Gasteiger partial charge in [0.15, 0.2) is 16.3 Å². The molecule has 16 nitrogen and oxygen atoms in total. The van der Waals surface area contributed by atoms with E-state index >= 15 is 0 Å². The highest BCUT2D eigenvalue weighted by molar-refractivity contribution is 8.14. The summed E-state index contributed by atoms with van der Waals surface area (Å²) in [6.07, 6.45) is -8.27. The van der Waals surface area contributed by atoms with E-state index in [2.05, 4.69) is 39.8 Å². The number of halogens is 5. The zero-order valence-electron chi connectivity index (χ0n) is 38.5. The molecule has 372 valence electrons. The molecule has 22 heteroatoms. The standard InChI is InChI=1S/C25H21F3N4O4.C24H26F2N4O4S/c26-25(27,28)36-20-9-2-1-6-17(20)24-30-19-8-4-7-18(22(19)35-24)23(33)31-21-10-3-5-16(29-21)15-32-11-13-34-14-12-32;1-23(2,30-11-13-32-14-12-30)35-22(27)29-20(31)16-8-6-9-17-19(16)33-21(28-17)15-7-4-5-10-18(15)34-24(3,25)26/h1-10H,11-15H2,(H,29,31,33);4-10H,11-14H2,1-3H3,(H2,27,29,31). The minimum absolute atomic E-state index is 0.00913. The van der Waals surface area contributed by atoms with Crippen LogP contribution >= 0.6 is 11.8 Å². The second-order valence-corrected chi connectivity index (χ2v) is 18.2. The van der Waals surface area contributed by atoms with Gasteiger partial charge in [0.1, 0.15) is 28.4 Å². The molecule has 2 fully saturated rings. The fraction of sp³-hybridized carbons (Fsp3) is 0.306. The highest BCUT2D eigenvalue weighted by Crippen LogP contribution is 2.37. The number of amides is 2. The molecular weight excluding hydrogens is 956 g/mol. The van der Waals surface area contributed by atoms with Gasteiger partial charge in [-0.05, 0) is 74.5 Å². The van der Waals surface area contributed by atoms with Crippen LogP contribution in [-0.2, 0) is 16.0 Å². The fourth-order valence-electron chi connectivity index (χ4n) is 7.67. The first kappa shape index (κ1) is 50.4. The maximum Gasteiger partial charge on any atom is 0.573 e. The van der Waals surface area contributed by atoms with Crippen LogP contribution < -0.4 is 20.5 Å². The number of ether oxygens (including phenoxy) is 4. The van der Waals surface area contributed by atoms with Crippen LogP contribution in [0.4, 0.5) is 27.8 Å². The molecule has 0 saturated carbocycles. The van der Waals surface area contributed by atoms with Crippen molar-refractivity contribution >= 4 is 56.8 Å². The van der Waals surface area contributed by atoms with Crippen molar-refractivity contribution in [3.05, 3.63) is 120 Å². The molecule has 0 radical (unpaired) electrons. The molecule has 0 atom stereocenters. The number of benzene rings is 4. The van der Waals surface area contributed by atoms with Crippen molar-refractivity contribution in [3.8, 4) is 34.4 Å². The Hall–Kier alpha value is -6.98. The summed E-state index contributed by atoms with van der Waals surface area (Å²) < 4.78 is 96.7. The Morgan fingerprint density at radius 2 is 1.23 bits per heavy atom. The molecule has 4 aromatic carbocycles. The Labute approximate surface area is 407 Å². The first-order valence-corrected chi connectivity index (χ1v) is 23.0. The van der Waals surface area contributed by atoms with Crippen LogP contribution in [0.15, 0.2) is 117 Å². The number of hydrogen-bond donors (Lipinski definition) is 2. The number of aliphatic imine (C=N–C) groups is 1. The van der Waals surface area contributed by atoms with Gasteiger partial charge in [0.25, 0.3) is 11.8 Å². The average Bonchev–Trinajstić information content (AvgIpc) is 3.97. The van der Waals surface area contributed by atoms with Crippen molar-refractivity contribution in [2.24, 2.45) is 10.7 Å². The number of nitrogens with two attached hydrogens (primary N) is 1. The lowest BCUT2D eigenvalue weighted by Gasteiger charge is -2.39. The number of fused-ring (bicyclic) bond motifs is 2. The zero-order chi connectivity index (χ0) is 50.3. The lowest BCUT2D eigenvalue weighted by molar-refractivity contribution is -0.274. The Morgan fingerprint density at radius 3 is 1.82 bits per heavy atom. The Bertz CT molecular complexity index is 3040. The van der Waals surface area contributed by atoms with Crippen LogP contribution in [0.5, 0.6) is 11.5 Å². The van der Waals surface area contributed by atoms with Gasteiger partial charge in [-0.1, -0.05) is 54.2 Å². The van der Waals surface area contributed by atoms with Crippen molar-refractivity contribution in [1.29, 1.82) is 0 Å². The Morgan fingerprint density at radius 1 is 0.690 bits per heavy atom. The molecule has 2 aliphatic heterocycles. The third kappa shape index (κ3) is 13.1. The number of hydrogen-bond acceptors (Lipinski definition) is 14. The van der Waals surface area contributed by atoms with Crippen LogP contribution in [-0.4, -0.2) is 112 Å². The van der Waals surface area contributed by atoms with E-state index in [1.54, 1.807) is 60.7 Å². The molecule has 0 unspecified atom stereocenters. The van der Waals surface area contributed by atoms with Gasteiger partial charge in [0.2, 0.25) is 11.8 Å². The predicted octanol–water partition coefficient (Wildman–Crippen LogP) is 9.62. The number of carbonyl (C=O) groups is 2. The quantitative estimate of drug-likeness (QED) is 0.0667. The normalized spacial score (nSPS) is 15.3. The molecule has 3 aromatic heterocycles. The summed E-state index contributed by atoms with van der Waals surface area (Å²) in [6, 6.07) is 26.7. The third-order valence-electron chi connectivity index (χ3n) is 10.9. The molecule has 0 aliphatic carbocycles. The van der Waals surface area contributed by atoms with Crippen LogP contribution in [0.1, 0.15) is 47.2 Å². The molecule has 3 N–H and O–H groups in total. The first-order chi connectivity index (χ1) is 33.9. The highest BCUT2D eigenvalue weighted by Gasteiger charge is 2.34. The van der Waals surface area contributed by atoms with E-state index in [-0.39, 0.29) is 61.0 Å². The van der Waals surface area contributed by atoms with Gasteiger partial charge < -0.3 is 38.8 Å². The van der Waals surface area contributed by atoms with Gasteiger partial charge in [-0.3, -0.25) is 19.4 Å². The van der Waals surface area contributed by atoms with Crippen LogP contribution in [0.25, 0.3) is 45.1 Å². The third-order valence-corrected chi connectivity index (χ3v) is 12.0. The molecule has 0 spiro atoms. The van der Waals surface area contributed by atoms with E-state index in [9.17, 15) is 31.5 Å². The first-order valence-electron chi connectivity index (χ1n) is 22.2. The smallest absolute Gasteiger partial charge is 0.435 e.